The van der Waals surface area contributed by atoms with Gasteiger partial charge in [-0.05, 0) is 77.0 Å². The number of allylic oxidation sites excluding steroid dienone is 10. The zero-order valence-electron chi connectivity index (χ0n) is 35.8. The number of aliphatic hydroxyl groups excluding tert-OH is 5. The highest BCUT2D eigenvalue weighted by molar-refractivity contribution is 7.47. The standard InChI is InChI=1S/C45H77O13P/c1-3-5-7-9-11-13-15-17-19-21-23-25-27-29-31-33-38(46)55-35-37(36-56-59(53,54)58-45-43(51)41(49)40(48)42(50)44(45)52)57-39(47)34-32-30-28-26-24-22-20-18-16-14-12-10-8-6-4-2/h5,7,11,13,17-20,23,25,37,40-45,48-52H,3-4,6,8-10,12,14-16,21-22,24,26-36H2,1-2H3,(H,53,54)/b7-5-,13-11-,19-17-,20-18-,25-23-/t37-,40?,41-,42?,43?,44?,45?/m1/s1. The Kier molecular flexibility index (Phi) is 32.5. The zero-order chi connectivity index (χ0) is 43.6. The first-order valence-corrected chi connectivity index (χ1v) is 23.6. The van der Waals surface area contributed by atoms with E-state index < -0.39 is 75.7 Å². The van der Waals surface area contributed by atoms with Crippen LogP contribution in [0.2, 0.25) is 0 Å². The third-order valence-electron chi connectivity index (χ3n) is 9.84. The molecule has 0 bridgehead atoms. The maximum absolute atomic E-state index is 12.8. The van der Waals surface area contributed by atoms with Crippen molar-refractivity contribution in [3.63, 3.8) is 0 Å². The molecule has 1 saturated carbocycles. The fraction of sp³-hybridized carbons (Fsp3) is 0.733. The first kappa shape index (κ1) is 54.6. The number of aliphatic hydroxyl groups is 5. The Bertz CT molecular complexity index is 1270. The predicted octanol–water partition coefficient (Wildman–Crippen LogP) is 8.16. The summed E-state index contributed by atoms with van der Waals surface area (Å²) < 4.78 is 33.4. The van der Waals surface area contributed by atoms with Crippen LogP contribution in [0.25, 0.3) is 0 Å². The van der Waals surface area contributed by atoms with Crippen molar-refractivity contribution in [2.24, 2.45) is 0 Å². The minimum Gasteiger partial charge on any atom is -0.462 e. The molecule has 0 aliphatic heterocycles. The molecule has 0 spiro atoms. The van der Waals surface area contributed by atoms with Crippen LogP contribution in [0.4, 0.5) is 0 Å². The van der Waals surface area contributed by atoms with Crippen LogP contribution in [0.15, 0.2) is 60.8 Å². The summed E-state index contributed by atoms with van der Waals surface area (Å²) in [6.07, 6.45) is 28.5. The summed E-state index contributed by atoms with van der Waals surface area (Å²) in [6.45, 7) is 3.12. The minimum absolute atomic E-state index is 0.0752. The van der Waals surface area contributed by atoms with Crippen molar-refractivity contribution in [3.05, 3.63) is 60.8 Å². The van der Waals surface area contributed by atoms with Gasteiger partial charge in [0.15, 0.2) is 6.10 Å². The molecule has 0 aromatic carbocycles. The Balaban J connectivity index is 2.52. The van der Waals surface area contributed by atoms with Gasteiger partial charge in [0.1, 0.15) is 43.2 Å². The molecule has 1 aliphatic carbocycles. The lowest BCUT2D eigenvalue weighted by atomic mass is 9.85. The molecule has 13 nitrogen and oxygen atoms in total. The molecule has 0 heterocycles. The highest BCUT2D eigenvalue weighted by Gasteiger charge is 2.51. The number of ether oxygens (including phenoxy) is 2. The van der Waals surface area contributed by atoms with Crippen LogP contribution in [-0.4, -0.2) is 98.3 Å². The van der Waals surface area contributed by atoms with Gasteiger partial charge >= 0.3 is 19.8 Å². The summed E-state index contributed by atoms with van der Waals surface area (Å²) >= 11 is 0. The molecule has 1 rings (SSSR count). The van der Waals surface area contributed by atoms with Gasteiger partial charge in [-0.25, -0.2) is 4.57 Å². The smallest absolute Gasteiger partial charge is 0.462 e. The first-order chi connectivity index (χ1) is 28.4. The number of hydrogen-bond acceptors (Lipinski definition) is 12. The van der Waals surface area contributed by atoms with Gasteiger partial charge in [-0.2, -0.15) is 0 Å². The molecule has 6 unspecified atom stereocenters. The molecule has 340 valence electrons. The van der Waals surface area contributed by atoms with E-state index in [-0.39, 0.29) is 12.8 Å². The van der Waals surface area contributed by atoms with E-state index in [0.29, 0.717) is 12.8 Å². The van der Waals surface area contributed by atoms with Crippen LogP contribution in [0.3, 0.4) is 0 Å². The second-order valence-electron chi connectivity index (χ2n) is 15.2. The van der Waals surface area contributed by atoms with Crippen molar-refractivity contribution in [3.8, 4) is 0 Å². The molecule has 1 aliphatic rings. The molecule has 14 heteroatoms. The molecule has 0 amide bonds. The average Bonchev–Trinajstić information content (AvgIpc) is 3.21. The third-order valence-corrected chi connectivity index (χ3v) is 10.8. The highest BCUT2D eigenvalue weighted by atomic mass is 31.2. The van der Waals surface area contributed by atoms with Crippen LogP contribution >= 0.6 is 7.82 Å². The van der Waals surface area contributed by atoms with Crippen LogP contribution < -0.4 is 0 Å². The van der Waals surface area contributed by atoms with Crippen molar-refractivity contribution < 1.29 is 63.1 Å². The molecule has 0 aromatic heterocycles. The van der Waals surface area contributed by atoms with Crippen molar-refractivity contribution in [1.82, 2.24) is 0 Å². The summed E-state index contributed by atoms with van der Waals surface area (Å²) in [5.74, 6) is -1.16. The molecule has 8 atom stereocenters. The molecule has 0 radical (unpaired) electrons. The summed E-state index contributed by atoms with van der Waals surface area (Å²) in [4.78, 5) is 35.6. The van der Waals surface area contributed by atoms with Gasteiger partial charge in [-0.15, -0.1) is 0 Å². The van der Waals surface area contributed by atoms with E-state index in [1.807, 2.05) is 0 Å². The Morgan fingerprint density at radius 2 is 0.966 bits per heavy atom. The summed E-state index contributed by atoms with van der Waals surface area (Å²) in [5, 5.41) is 50.1. The summed E-state index contributed by atoms with van der Waals surface area (Å²) in [6, 6.07) is 0. The highest BCUT2D eigenvalue weighted by Crippen LogP contribution is 2.47. The topological polar surface area (TPSA) is 210 Å². The molecule has 1 fully saturated rings. The number of carbonyl (C=O) groups excluding carboxylic acids is 2. The SMILES string of the molecule is CC/C=C\C/C=C\C/C=C\C/C=C\CCCCC(=O)OC[C@H](COP(=O)(O)OC1C(O)C(O)C(O)[C@@H](O)C1O)OC(=O)CCCCCCC/C=C\CCCCCCCC. The lowest BCUT2D eigenvalue weighted by Gasteiger charge is -2.41. The van der Waals surface area contributed by atoms with E-state index in [9.17, 15) is 44.6 Å². The maximum Gasteiger partial charge on any atom is 0.472 e. The molecule has 6 N–H and O–H groups in total. The number of carbonyl (C=O) groups is 2. The van der Waals surface area contributed by atoms with Gasteiger partial charge in [0.25, 0.3) is 0 Å². The number of rotatable bonds is 35. The number of phosphoric ester groups is 1. The normalized spacial score (nSPS) is 22.9. The third kappa shape index (κ3) is 27.9. The van der Waals surface area contributed by atoms with E-state index >= 15 is 0 Å². The van der Waals surface area contributed by atoms with Gasteiger partial charge in [0.2, 0.25) is 0 Å². The van der Waals surface area contributed by atoms with E-state index in [2.05, 4.69) is 74.6 Å². The maximum atomic E-state index is 12.8. The van der Waals surface area contributed by atoms with Gasteiger partial charge in [0, 0.05) is 12.8 Å². The predicted molar refractivity (Wildman–Crippen MR) is 230 cm³/mol. The fourth-order valence-corrected chi connectivity index (χ4v) is 7.24. The second kappa shape index (κ2) is 35.2. The van der Waals surface area contributed by atoms with E-state index in [4.69, 9.17) is 18.5 Å². The Labute approximate surface area is 353 Å². The van der Waals surface area contributed by atoms with Gasteiger partial charge < -0.3 is 39.9 Å². The number of esters is 2. The summed E-state index contributed by atoms with van der Waals surface area (Å²) in [5.41, 5.74) is 0. The van der Waals surface area contributed by atoms with Crippen LogP contribution in [0.1, 0.15) is 155 Å². The average molecular weight is 857 g/mol. The fourth-order valence-electron chi connectivity index (χ4n) is 6.27. The van der Waals surface area contributed by atoms with E-state index in [1.165, 1.54) is 38.5 Å². The van der Waals surface area contributed by atoms with Crippen molar-refractivity contribution >= 4 is 19.8 Å². The quantitative estimate of drug-likeness (QED) is 0.0154. The lowest BCUT2D eigenvalue weighted by Crippen LogP contribution is -2.64. The number of unbranched alkanes of at least 4 members (excludes halogenated alkanes) is 13. The van der Waals surface area contributed by atoms with E-state index in [1.54, 1.807) is 0 Å². The Morgan fingerprint density at radius 3 is 1.53 bits per heavy atom. The molecule has 59 heavy (non-hydrogen) atoms. The van der Waals surface area contributed by atoms with Gasteiger partial charge in [-0.3, -0.25) is 18.6 Å². The Hall–Kier alpha value is -2.45. The number of phosphoric acid groups is 1. The largest absolute Gasteiger partial charge is 0.472 e. The Morgan fingerprint density at radius 1 is 0.542 bits per heavy atom. The van der Waals surface area contributed by atoms with Gasteiger partial charge in [-0.1, -0.05) is 126 Å². The van der Waals surface area contributed by atoms with Crippen LogP contribution in [0, 0.1) is 0 Å². The van der Waals surface area contributed by atoms with Crippen LogP contribution in [-0.2, 0) is 32.7 Å². The van der Waals surface area contributed by atoms with E-state index in [0.717, 1.165) is 77.0 Å². The molecule has 0 aromatic rings. The van der Waals surface area contributed by atoms with Crippen LogP contribution in [0.5, 0.6) is 0 Å². The van der Waals surface area contributed by atoms with Crippen molar-refractivity contribution in [1.29, 1.82) is 0 Å². The molecule has 0 saturated heterocycles. The molecular formula is C45H77O13P. The van der Waals surface area contributed by atoms with Crippen molar-refractivity contribution in [2.75, 3.05) is 13.2 Å². The van der Waals surface area contributed by atoms with Crippen molar-refractivity contribution in [2.45, 2.75) is 198 Å². The zero-order valence-corrected chi connectivity index (χ0v) is 36.7. The molecular weight excluding hydrogens is 779 g/mol. The minimum atomic E-state index is -5.13. The lowest BCUT2D eigenvalue weighted by molar-refractivity contribution is -0.220. The monoisotopic (exact) mass is 857 g/mol. The van der Waals surface area contributed by atoms with Gasteiger partial charge in [0.05, 0.1) is 6.61 Å². The first-order valence-electron chi connectivity index (χ1n) is 22.1. The number of hydrogen-bond donors (Lipinski definition) is 6. The summed E-state index contributed by atoms with van der Waals surface area (Å²) in [7, 11) is -5.13. The second-order valence-corrected chi connectivity index (χ2v) is 16.6.